The molecular weight excluding hydrogens is 300 g/mol. The molecule has 0 aliphatic carbocycles. The van der Waals surface area contributed by atoms with Crippen LogP contribution in [0.15, 0.2) is 23.8 Å². The van der Waals surface area contributed by atoms with Crippen molar-refractivity contribution in [2.24, 2.45) is 7.05 Å². The molecule has 21 heavy (non-hydrogen) atoms. The number of hydrogen-bond donors (Lipinski definition) is 2. The van der Waals surface area contributed by atoms with Crippen LogP contribution in [-0.2, 0) is 11.8 Å². The summed E-state index contributed by atoms with van der Waals surface area (Å²) in [6, 6.07) is -0.174. The first kappa shape index (κ1) is 14.7. The highest BCUT2D eigenvalue weighted by atomic mass is 32.1. The molecule has 0 bridgehead atoms. The number of aliphatic carboxylic acids is 1. The molecule has 1 atom stereocenters. The molecule has 2 rings (SSSR count). The Morgan fingerprint density at radius 2 is 2.29 bits per heavy atom. The quantitative estimate of drug-likeness (QED) is 0.625. The zero-order chi connectivity index (χ0) is 15.6. The fourth-order valence-corrected chi connectivity index (χ4v) is 2.33. The van der Waals surface area contributed by atoms with Gasteiger partial charge >= 0.3 is 11.0 Å². The first-order valence-electron chi connectivity index (χ1n) is 5.63. The largest absolute Gasteiger partial charge is 0.479 e. The molecule has 0 aliphatic rings. The SMILES string of the molecule is Cn1cc(C(NC(=O)c2csc([N+](=O)[O-])c2)C(=O)O)cn1. The third-order valence-electron chi connectivity index (χ3n) is 2.61. The molecule has 2 N–H and O–H groups in total. The molecule has 0 radical (unpaired) electrons. The van der Waals surface area contributed by atoms with Gasteiger partial charge in [-0.1, -0.05) is 11.3 Å². The van der Waals surface area contributed by atoms with Crippen molar-refractivity contribution in [3.05, 3.63) is 45.1 Å². The summed E-state index contributed by atoms with van der Waals surface area (Å²) in [5, 5.41) is 27.0. The number of nitrogens with one attached hydrogen (secondary N) is 1. The van der Waals surface area contributed by atoms with E-state index in [0.717, 1.165) is 17.4 Å². The lowest BCUT2D eigenvalue weighted by Crippen LogP contribution is -2.33. The number of carboxylic acids is 1. The zero-order valence-electron chi connectivity index (χ0n) is 10.7. The van der Waals surface area contributed by atoms with Crippen LogP contribution >= 0.6 is 11.3 Å². The number of hydrogen-bond acceptors (Lipinski definition) is 6. The molecule has 0 saturated carbocycles. The fraction of sp³-hybridized carbons (Fsp3) is 0.182. The van der Waals surface area contributed by atoms with Gasteiger partial charge in [-0.3, -0.25) is 19.6 Å². The molecule has 110 valence electrons. The second kappa shape index (κ2) is 5.71. The number of rotatable bonds is 5. The maximum Gasteiger partial charge on any atom is 0.331 e. The Bertz CT molecular complexity index is 707. The molecule has 1 amide bonds. The molecule has 0 fully saturated rings. The number of nitro groups is 1. The number of amides is 1. The summed E-state index contributed by atoms with van der Waals surface area (Å²) in [5.74, 6) is -1.95. The van der Waals surface area contributed by atoms with Crippen LogP contribution in [0.2, 0.25) is 0 Å². The summed E-state index contributed by atoms with van der Waals surface area (Å²) in [6.45, 7) is 0. The predicted octanol–water partition coefficient (Wildman–Crippen LogP) is 0.945. The number of carbonyl (C=O) groups excluding carboxylic acids is 1. The van der Waals surface area contributed by atoms with E-state index in [1.165, 1.54) is 22.5 Å². The standard InChI is InChI=1S/C11H10N4O5S/c1-14-4-7(3-12-14)9(11(17)18)13-10(16)6-2-8(15(19)20)21-5-6/h2-5,9H,1H3,(H,13,16)(H,17,18). The Kier molecular flexibility index (Phi) is 3.98. The van der Waals surface area contributed by atoms with Crippen LogP contribution in [0.25, 0.3) is 0 Å². The van der Waals surface area contributed by atoms with Crippen LogP contribution in [0.4, 0.5) is 5.00 Å². The Morgan fingerprint density at radius 3 is 2.76 bits per heavy atom. The number of aryl methyl sites for hydroxylation is 1. The van der Waals surface area contributed by atoms with E-state index >= 15 is 0 Å². The summed E-state index contributed by atoms with van der Waals surface area (Å²) in [5.41, 5.74) is 0.352. The van der Waals surface area contributed by atoms with E-state index in [-0.39, 0.29) is 10.6 Å². The molecule has 1 unspecified atom stereocenters. The Morgan fingerprint density at radius 1 is 1.57 bits per heavy atom. The smallest absolute Gasteiger partial charge is 0.331 e. The lowest BCUT2D eigenvalue weighted by atomic mass is 10.1. The van der Waals surface area contributed by atoms with Gasteiger partial charge in [0.1, 0.15) is 0 Å². The topological polar surface area (TPSA) is 127 Å². The minimum absolute atomic E-state index is 0.0434. The van der Waals surface area contributed by atoms with Crippen LogP contribution in [0, 0.1) is 10.1 Å². The van der Waals surface area contributed by atoms with Gasteiger partial charge in [-0.05, 0) is 0 Å². The van der Waals surface area contributed by atoms with Gasteiger partial charge in [-0.25, -0.2) is 4.79 Å². The van der Waals surface area contributed by atoms with Gasteiger partial charge in [0.05, 0.1) is 16.7 Å². The molecule has 2 aromatic rings. The highest BCUT2D eigenvalue weighted by Crippen LogP contribution is 2.23. The first-order chi connectivity index (χ1) is 9.88. The lowest BCUT2D eigenvalue weighted by Gasteiger charge is -2.11. The Hall–Kier alpha value is -2.75. The van der Waals surface area contributed by atoms with Crippen LogP contribution in [0.3, 0.4) is 0 Å². The van der Waals surface area contributed by atoms with E-state index in [0.29, 0.717) is 5.56 Å². The summed E-state index contributed by atoms with van der Waals surface area (Å²) in [6.07, 6.45) is 2.80. The minimum atomic E-state index is -1.27. The number of thiophene rings is 1. The molecule has 0 aliphatic heterocycles. The van der Waals surface area contributed by atoms with Gasteiger partial charge < -0.3 is 10.4 Å². The Labute approximate surface area is 122 Å². The second-order valence-corrected chi connectivity index (χ2v) is 5.01. The van der Waals surface area contributed by atoms with Crippen LogP contribution < -0.4 is 5.32 Å². The van der Waals surface area contributed by atoms with Crippen molar-refractivity contribution in [3.8, 4) is 0 Å². The van der Waals surface area contributed by atoms with Gasteiger partial charge in [0, 0.05) is 30.3 Å². The van der Waals surface area contributed by atoms with Crippen LogP contribution in [0.1, 0.15) is 22.0 Å². The van der Waals surface area contributed by atoms with Gasteiger partial charge in [0.15, 0.2) is 6.04 Å². The van der Waals surface area contributed by atoms with Crippen molar-refractivity contribution >= 4 is 28.2 Å². The molecular formula is C11H10N4O5S. The molecule has 0 aromatic carbocycles. The zero-order valence-corrected chi connectivity index (χ0v) is 11.5. The number of aromatic nitrogens is 2. The molecule has 0 saturated heterocycles. The van der Waals surface area contributed by atoms with Crippen LogP contribution in [0.5, 0.6) is 0 Å². The third kappa shape index (κ3) is 3.23. The molecule has 2 heterocycles. The average Bonchev–Trinajstić information content (AvgIpc) is 3.04. The maximum absolute atomic E-state index is 12.0. The molecule has 2 aromatic heterocycles. The average molecular weight is 310 g/mol. The second-order valence-electron chi connectivity index (χ2n) is 4.12. The van der Waals surface area contributed by atoms with Gasteiger partial charge in [-0.2, -0.15) is 5.10 Å². The van der Waals surface area contributed by atoms with Crippen molar-refractivity contribution in [2.45, 2.75) is 6.04 Å². The minimum Gasteiger partial charge on any atom is -0.479 e. The number of carboxylic acid groups (broad SMARTS) is 1. The van der Waals surface area contributed by atoms with E-state index in [9.17, 15) is 19.7 Å². The first-order valence-corrected chi connectivity index (χ1v) is 6.51. The number of carbonyl (C=O) groups is 2. The molecule has 0 spiro atoms. The van der Waals surface area contributed by atoms with Gasteiger partial charge in [-0.15, -0.1) is 0 Å². The monoisotopic (exact) mass is 310 g/mol. The van der Waals surface area contributed by atoms with Crippen molar-refractivity contribution in [3.63, 3.8) is 0 Å². The van der Waals surface area contributed by atoms with E-state index < -0.39 is 22.8 Å². The van der Waals surface area contributed by atoms with Crippen molar-refractivity contribution in [1.82, 2.24) is 15.1 Å². The highest BCUT2D eigenvalue weighted by molar-refractivity contribution is 7.13. The van der Waals surface area contributed by atoms with Crippen LogP contribution in [-0.4, -0.2) is 31.7 Å². The van der Waals surface area contributed by atoms with Gasteiger partial charge in [0.2, 0.25) is 0 Å². The number of nitrogens with zero attached hydrogens (tertiary/aromatic N) is 3. The van der Waals surface area contributed by atoms with Crippen molar-refractivity contribution in [1.29, 1.82) is 0 Å². The van der Waals surface area contributed by atoms with E-state index in [1.807, 2.05) is 0 Å². The van der Waals surface area contributed by atoms with Crippen molar-refractivity contribution < 1.29 is 19.6 Å². The van der Waals surface area contributed by atoms with E-state index in [2.05, 4.69) is 10.4 Å². The fourth-order valence-electron chi connectivity index (χ4n) is 1.63. The highest BCUT2D eigenvalue weighted by Gasteiger charge is 2.25. The third-order valence-corrected chi connectivity index (χ3v) is 3.49. The lowest BCUT2D eigenvalue weighted by molar-refractivity contribution is -0.380. The molecule has 9 nitrogen and oxygen atoms in total. The maximum atomic E-state index is 12.0. The van der Waals surface area contributed by atoms with Gasteiger partial charge in [0.25, 0.3) is 5.91 Å². The van der Waals surface area contributed by atoms with Crippen molar-refractivity contribution in [2.75, 3.05) is 0 Å². The summed E-state index contributed by atoms with van der Waals surface area (Å²) >= 11 is 0.798. The molecule has 10 heteroatoms. The van der Waals surface area contributed by atoms with E-state index in [4.69, 9.17) is 5.11 Å². The predicted molar refractivity (Wildman–Crippen MR) is 72.0 cm³/mol. The summed E-state index contributed by atoms with van der Waals surface area (Å²) in [7, 11) is 1.62. The summed E-state index contributed by atoms with van der Waals surface area (Å²) in [4.78, 5) is 33.1. The summed E-state index contributed by atoms with van der Waals surface area (Å²) < 4.78 is 1.41. The normalized spacial score (nSPS) is 11.9. The Balaban J connectivity index is 2.18. The van der Waals surface area contributed by atoms with E-state index in [1.54, 1.807) is 7.05 Å².